The summed E-state index contributed by atoms with van der Waals surface area (Å²) in [5, 5.41) is 0. The van der Waals surface area contributed by atoms with Crippen LogP contribution in [0.15, 0.2) is 30.4 Å². The molecule has 1 unspecified atom stereocenters. The van der Waals surface area contributed by atoms with Crippen LogP contribution < -0.4 is 20.7 Å². The minimum Gasteiger partial charge on any atom is -0.497 e. The zero-order chi connectivity index (χ0) is 12.8. The molecule has 0 saturated heterocycles. The summed E-state index contributed by atoms with van der Waals surface area (Å²) >= 11 is 0. The maximum absolute atomic E-state index is 5.56. The third kappa shape index (κ3) is 3.76. The molecule has 1 aromatic carbocycles. The summed E-state index contributed by atoms with van der Waals surface area (Å²) in [5.74, 6) is 7.07. The summed E-state index contributed by atoms with van der Waals surface area (Å²) in [4.78, 5) is 0. The molecule has 0 fully saturated rings. The summed E-state index contributed by atoms with van der Waals surface area (Å²) in [5.41, 5.74) is 4.87. The van der Waals surface area contributed by atoms with E-state index in [-0.39, 0.29) is 6.04 Å². The Morgan fingerprint density at radius 1 is 1.29 bits per heavy atom. The number of hydrogen-bond acceptors (Lipinski definition) is 4. The van der Waals surface area contributed by atoms with E-state index in [9.17, 15) is 0 Å². The number of nitrogens with two attached hydrogens (primary N) is 1. The van der Waals surface area contributed by atoms with E-state index in [1.807, 2.05) is 25.1 Å². The van der Waals surface area contributed by atoms with Crippen molar-refractivity contribution in [3.63, 3.8) is 0 Å². The zero-order valence-corrected chi connectivity index (χ0v) is 10.6. The molecule has 1 aromatic rings. The highest BCUT2D eigenvalue weighted by molar-refractivity contribution is 5.40. The first-order valence-electron chi connectivity index (χ1n) is 5.44. The van der Waals surface area contributed by atoms with Gasteiger partial charge in [0.2, 0.25) is 0 Å². The molecule has 0 radical (unpaired) electrons. The average molecular weight is 236 g/mol. The molecule has 0 aliphatic heterocycles. The molecule has 4 heteroatoms. The van der Waals surface area contributed by atoms with Crippen molar-refractivity contribution in [2.75, 3.05) is 14.2 Å². The molecule has 0 aliphatic rings. The van der Waals surface area contributed by atoms with E-state index in [2.05, 4.69) is 12.0 Å². The zero-order valence-electron chi connectivity index (χ0n) is 10.6. The fraction of sp³-hybridized carbons (Fsp3) is 0.385. The van der Waals surface area contributed by atoms with Gasteiger partial charge in [-0.2, -0.15) is 0 Å². The number of methoxy groups -OCH3 is 2. The van der Waals surface area contributed by atoms with Crippen LogP contribution in [0.2, 0.25) is 0 Å². The Morgan fingerprint density at radius 2 is 1.82 bits per heavy atom. The van der Waals surface area contributed by atoms with Crippen LogP contribution in [0.25, 0.3) is 0 Å². The third-order valence-corrected chi connectivity index (χ3v) is 2.53. The SMILES string of the molecule is C=C(C)CC(NN)c1cc(OC)cc(OC)c1. The van der Waals surface area contributed by atoms with Crippen molar-refractivity contribution in [2.45, 2.75) is 19.4 Å². The smallest absolute Gasteiger partial charge is 0.122 e. The van der Waals surface area contributed by atoms with Gasteiger partial charge in [0.1, 0.15) is 11.5 Å². The first-order valence-corrected chi connectivity index (χ1v) is 5.44. The van der Waals surface area contributed by atoms with Gasteiger partial charge in [0.25, 0.3) is 0 Å². The summed E-state index contributed by atoms with van der Waals surface area (Å²) in [7, 11) is 3.25. The predicted octanol–water partition coefficient (Wildman–Crippen LogP) is 2.17. The highest BCUT2D eigenvalue weighted by Crippen LogP contribution is 2.28. The molecule has 1 rings (SSSR count). The summed E-state index contributed by atoms with van der Waals surface area (Å²) < 4.78 is 10.5. The van der Waals surface area contributed by atoms with Gasteiger partial charge in [0.15, 0.2) is 0 Å². The molecule has 0 aliphatic carbocycles. The van der Waals surface area contributed by atoms with E-state index in [1.54, 1.807) is 14.2 Å². The van der Waals surface area contributed by atoms with Crippen LogP contribution in [0.4, 0.5) is 0 Å². The average Bonchev–Trinajstić information content (AvgIpc) is 2.34. The molecule has 1 atom stereocenters. The van der Waals surface area contributed by atoms with Gasteiger partial charge in [0.05, 0.1) is 14.2 Å². The molecule has 0 saturated carbocycles. The molecular formula is C13H20N2O2. The lowest BCUT2D eigenvalue weighted by Crippen LogP contribution is -2.28. The standard InChI is InChI=1S/C13H20N2O2/c1-9(2)5-13(15-14)10-6-11(16-3)8-12(7-10)17-4/h6-8,13,15H,1,5,14H2,2-4H3. The van der Waals surface area contributed by atoms with Crippen molar-refractivity contribution in [2.24, 2.45) is 5.84 Å². The number of hydrazine groups is 1. The van der Waals surface area contributed by atoms with Crippen LogP contribution in [-0.2, 0) is 0 Å². The Morgan fingerprint density at radius 3 is 2.18 bits per heavy atom. The van der Waals surface area contributed by atoms with Crippen LogP contribution >= 0.6 is 0 Å². The number of benzene rings is 1. The van der Waals surface area contributed by atoms with Crippen LogP contribution in [0.3, 0.4) is 0 Å². The highest BCUT2D eigenvalue weighted by Gasteiger charge is 2.12. The number of hydrogen-bond donors (Lipinski definition) is 2. The molecule has 0 heterocycles. The Bertz CT molecular complexity index is 369. The highest BCUT2D eigenvalue weighted by atomic mass is 16.5. The van der Waals surface area contributed by atoms with Crippen LogP contribution in [0.1, 0.15) is 24.9 Å². The second-order valence-corrected chi connectivity index (χ2v) is 4.03. The maximum Gasteiger partial charge on any atom is 0.122 e. The molecular weight excluding hydrogens is 216 g/mol. The molecule has 3 N–H and O–H groups in total. The van der Waals surface area contributed by atoms with Gasteiger partial charge < -0.3 is 9.47 Å². The van der Waals surface area contributed by atoms with Gasteiger partial charge in [-0.3, -0.25) is 11.3 Å². The minimum atomic E-state index is 0.0106. The third-order valence-electron chi connectivity index (χ3n) is 2.53. The van der Waals surface area contributed by atoms with Crippen molar-refractivity contribution in [3.05, 3.63) is 35.9 Å². The molecule has 94 valence electrons. The summed E-state index contributed by atoms with van der Waals surface area (Å²) in [6, 6.07) is 5.72. The summed E-state index contributed by atoms with van der Waals surface area (Å²) in [6.07, 6.45) is 0.771. The Kier molecular flexibility index (Phi) is 5.00. The molecule has 0 aromatic heterocycles. The monoisotopic (exact) mass is 236 g/mol. The second kappa shape index (κ2) is 6.27. The van der Waals surface area contributed by atoms with Crippen LogP contribution in [-0.4, -0.2) is 14.2 Å². The Labute approximate surface area is 102 Å². The van der Waals surface area contributed by atoms with E-state index < -0.39 is 0 Å². The van der Waals surface area contributed by atoms with Gasteiger partial charge in [0, 0.05) is 12.1 Å². The maximum atomic E-state index is 5.56. The predicted molar refractivity (Wildman–Crippen MR) is 69.0 cm³/mol. The fourth-order valence-corrected chi connectivity index (χ4v) is 1.65. The van der Waals surface area contributed by atoms with Crippen LogP contribution in [0, 0.1) is 0 Å². The Balaban J connectivity index is 3.04. The minimum absolute atomic E-state index is 0.0106. The lowest BCUT2D eigenvalue weighted by molar-refractivity contribution is 0.391. The van der Waals surface area contributed by atoms with Gasteiger partial charge in [-0.05, 0) is 31.0 Å². The Hall–Kier alpha value is -1.52. The fourth-order valence-electron chi connectivity index (χ4n) is 1.65. The van der Waals surface area contributed by atoms with Gasteiger partial charge >= 0.3 is 0 Å². The number of rotatable bonds is 6. The van der Waals surface area contributed by atoms with Gasteiger partial charge in [-0.15, -0.1) is 6.58 Å². The topological polar surface area (TPSA) is 56.5 Å². The van der Waals surface area contributed by atoms with Crippen molar-refractivity contribution in [1.82, 2.24) is 5.43 Å². The summed E-state index contributed by atoms with van der Waals surface area (Å²) in [6.45, 7) is 5.87. The number of ether oxygens (including phenoxy) is 2. The molecule has 4 nitrogen and oxygen atoms in total. The molecule has 0 bridgehead atoms. The normalized spacial score (nSPS) is 12.0. The quantitative estimate of drug-likeness (QED) is 0.451. The van der Waals surface area contributed by atoms with E-state index in [0.29, 0.717) is 0 Å². The van der Waals surface area contributed by atoms with E-state index >= 15 is 0 Å². The molecule has 0 spiro atoms. The van der Waals surface area contributed by atoms with E-state index in [1.165, 1.54) is 0 Å². The second-order valence-electron chi connectivity index (χ2n) is 4.03. The van der Waals surface area contributed by atoms with Crippen molar-refractivity contribution < 1.29 is 9.47 Å². The number of nitrogens with one attached hydrogen (secondary N) is 1. The van der Waals surface area contributed by atoms with E-state index in [0.717, 1.165) is 29.1 Å². The van der Waals surface area contributed by atoms with Crippen LogP contribution in [0.5, 0.6) is 11.5 Å². The van der Waals surface area contributed by atoms with Gasteiger partial charge in [-0.1, -0.05) is 5.57 Å². The molecule has 17 heavy (non-hydrogen) atoms. The first kappa shape index (κ1) is 13.5. The van der Waals surface area contributed by atoms with Crippen molar-refractivity contribution in [1.29, 1.82) is 0 Å². The lowest BCUT2D eigenvalue weighted by atomic mass is 10.0. The lowest BCUT2D eigenvalue weighted by Gasteiger charge is -2.18. The molecule has 0 amide bonds. The first-order chi connectivity index (χ1) is 8.10. The van der Waals surface area contributed by atoms with Crippen molar-refractivity contribution in [3.8, 4) is 11.5 Å². The van der Waals surface area contributed by atoms with Gasteiger partial charge in [-0.25, -0.2) is 0 Å². The largest absolute Gasteiger partial charge is 0.497 e. The van der Waals surface area contributed by atoms with E-state index in [4.69, 9.17) is 15.3 Å². The van der Waals surface area contributed by atoms with Crippen molar-refractivity contribution >= 4 is 0 Å².